The number of aliphatic hydroxyl groups excluding tert-OH is 1. The molecule has 4 nitrogen and oxygen atoms in total. The Kier molecular flexibility index (Phi) is 2.96. The number of morpholine rings is 1. The first-order valence-corrected chi connectivity index (χ1v) is 4.98. The molecule has 2 aliphatic rings. The van der Waals surface area contributed by atoms with Crippen LogP contribution >= 0.6 is 0 Å². The van der Waals surface area contributed by atoms with E-state index in [2.05, 4.69) is 4.90 Å². The van der Waals surface area contributed by atoms with Gasteiger partial charge in [0.25, 0.3) is 0 Å². The average molecular weight is 197 g/mol. The molecule has 0 radical (unpaired) electrons. The Morgan fingerprint density at radius 1 is 1.43 bits per heavy atom. The molecule has 1 aliphatic carbocycles. The van der Waals surface area contributed by atoms with Gasteiger partial charge in [0.1, 0.15) is 0 Å². The molecule has 1 N–H and O–H groups in total. The Labute approximate surface area is 83.2 Å². The van der Waals surface area contributed by atoms with Gasteiger partial charge >= 0.3 is 0 Å². The Balaban J connectivity index is 2.01. The van der Waals surface area contributed by atoms with Gasteiger partial charge in [0.05, 0.1) is 25.4 Å². The Morgan fingerprint density at radius 2 is 2.14 bits per heavy atom. The second kappa shape index (κ2) is 4.21. The Hall–Kier alpha value is -0.710. The van der Waals surface area contributed by atoms with E-state index in [1.807, 2.05) is 6.08 Å². The summed E-state index contributed by atoms with van der Waals surface area (Å²) in [6, 6.07) is -0.00315. The van der Waals surface area contributed by atoms with E-state index in [1.54, 1.807) is 6.08 Å². The maximum atomic E-state index is 11.0. The summed E-state index contributed by atoms with van der Waals surface area (Å²) in [7, 11) is 0. The van der Waals surface area contributed by atoms with E-state index in [9.17, 15) is 9.90 Å². The summed E-state index contributed by atoms with van der Waals surface area (Å²) >= 11 is 0. The predicted octanol–water partition coefficient (Wildman–Crippen LogP) is -0.423. The van der Waals surface area contributed by atoms with Crippen molar-refractivity contribution in [3.63, 3.8) is 0 Å². The molecule has 14 heavy (non-hydrogen) atoms. The van der Waals surface area contributed by atoms with Crippen molar-refractivity contribution in [1.29, 1.82) is 0 Å². The van der Waals surface area contributed by atoms with E-state index in [4.69, 9.17) is 4.74 Å². The Morgan fingerprint density at radius 3 is 2.79 bits per heavy atom. The van der Waals surface area contributed by atoms with E-state index in [0.29, 0.717) is 13.2 Å². The SMILES string of the molecule is O=C1C=C[C@@H](N2CCOCC2)[C@@H](O)C1. The summed E-state index contributed by atoms with van der Waals surface area (Å²) in [6.45, 7) is 3.09. The number of ether oxygens (including phenoxy) is 1. The maximum Gasteiger partial charge on any atom is 0.158 e. The molecular weight excluding hydrogens is 182 g/mol. The molecule has 0 aromatic carbocycles. The molecule has 1 aliphatic heterocycles. The lowest BCUT2D eigenvalue weighted by atomic mass is 9.97. The molecule has 78 valence electrons. The first-order chi connectivity index (χ1) is 6.77. The van der Waals surface area contributed by atoms with Crippen LogP contribution in [0.25, 0.3) is 0 Å². The number of aliphatic hydroxyl groups is 1. The third-order valence-electron chi connectivity index (χ3n) is 2.75. The number of hydrogen-bond acceptors (Lipinski definition) is 4. The Bertz CT molecular complexity index is 246. The number of ketones is 1. The standard InChI is InChI=1S/C10H15NO3/c12-8-1-2-9(10(13)7-8)11-3-5-14-6-4-11/h1-2,9-10,13H,3-7H2/t9-,10+/m1/s1. The number of carbonyl (C=O) groups excluding carboxylic acids is 1. The molecule has 2 atom stereocenters. The molecule has 0 bridgehead atoms. The van der Waals surface area contributed by atoms with Crippen LogP contribution < -0.4 is 0 Å². The average Bonchev–Trinajstić information content (AvgIpc) is 2.19. The fraction of sp³-hybridized carbons (Fsp3) is 0.700. The summed E-state index contributed by atoms with van der Waals surface area (Å²) in [4.78, 5) is 13.2. The fourth-order valence-electron chi connectivity index (χ4n) is 1.97. The highest BCUT2D eigenvalue weighted by atomic mass is 16.5. The van der Waals surface area contributed by atoms with Crippen molar-refractivity contribution < 1.29 is 14.6 Å². The highest BCUT2D eigenvalue weighted by molar-refractivity contribution is 5.91. The molecule has 0 unspecified atom stereocenters. The minimum atomic E-state index is -0.550. The van der Waals surface area contributed by atoms with E-state index in [1.165, 1.54) is 0 Å². The smallest absolute Gasteiger partial charge is 0.158 e. The van der Waals surface area contributed by atoms with Gasteiger partial charge < -0.3 is 9.84 Å². The highest BCUT2D eigenvalue weighted by Gasteiger charge is 2.29. The van der Waals surface area contributed by atoms with Crippen molar-refractivity contribution in [2.24, 2.45) is 0 Å². The van der Waals surface area contributed by atoms with Gasteiger partial charge in [0, 0.05) is 19.5 Å². The van der Waals surface area contributed by atoms with Crippen LogP contribution in [0.2, 0.25) is 0 Å². The maximum absolute atomic E-state index is 11.0. The lowest BCUT2D eigenvalue weighted by Gasteiger charge is -2.36. The largest absolute Gasteiger partial charge is 0.391 e. The van der Waals surface area contributed by atoms with Crippen LogP contribution in [0, 0.1) is 0 Å². The normalized spacial score (nSPS) is 34.8. The first kappa shape index (κ1) is 9.83. The third kappa shape index (κ3) is 2.03. The summed E-state index contributed by atoms with van der Waals surface area (Å²) in [5.41, 5.74) is 0. The zero-order chi connectivity index (χ0) is 9.97. The lowest BCUT2D eigenvalue weighted by molar-refractivity contribution is -0.118. The number of carbonyl (C=O) groups is 1. The molecule has 4 heteroatoms. The molecule has 0 spiro atoms. The van der Waals surface area contributed by atoms with Gasteiger partial charge in [-0.05, 0) is 6.08 Å². The van der Waals surface area contributed by atoms with Crippen molar-refractivity contribution in [2.45, 2.75) is 18.6 Å². The summed E-state index contributed by atoms with van der Waals surface area (Å²) in [6.07, 6.45) is 3.08. The summed E-state index contributed by atoms with van der Waals surface area (Å²) in [5, 5.41) is 9.74. The van der Waals surface area contributed by atoms with Crippen LogP contribution in [-0.2, 0) is 9.53 Å². The van der Waals surface area contributed by atoms with Gasteiger partial charge in [0.15, 0.2) is 5.78 Å². The molecule has 0 saturated carbocycles. The minimum absolute atomic E-state index is 0.00315. The zero-order valence-electron chi connectivity index (χ0n) is 8.06. The van der Waals surface area contributed by atoms with E-state index in [-0.39, 0.29) is 18.2 Å². The van der Waals surface area contributed by atoms with E-state index < -0.39 is 6.10 Å². The van der Waals surface area contributed by atoms with Crippen LogP contribution in [0.3, 0.4) is 0 Å². The van der Waals surface area contributed by atoms with Gasteiger partial charge in [-0.25, -0.2) is 0 Å². The van der Waals surface area contributed by atoms with E-state index in [0.717, 1.165) is 13.1 Å². The minimum Gasteiger partial charge on any atom is -0.391 e. The molecule has 0 aromatic rings. The first-order valence-electron chi connectivity index (χ1n) is 4.98. The van der Waals surface area contributed by atoms with E-state index >= 15 is 0 Å². The van der Waals surface area contributed by atoms with Crippen LogP contribution in [0.1, 0.15) is 6.42 Å². The molecule has 0 amide bonds. The van der Waals surface area contributed by atoms with Crippen LogP contribution in [0.4, 0.5) is 0 Å². The molecule has 0 aromatic heterocycles. The quantitative estimate of drug-likeness (QED) is 0.620. The zero-order valence-corrected chi connectivity index (χ0v) is 8.06. The molecular formula is C10H15NO3. The van der Waals surface area contributed by atoms with Crippen LogP contribution in [-0.4, -0.2) is 54.2 Å². The van der Waals surface area contributed by atoms with Crippen molar-refractivity contribution in [2.75, 3.05) is 26.3 Å². The lowest BCUT2D eigenvalue weighted by Crippen LogP contribution is -2.49. The number of allylic oxidation sites excluding steroid dienone is 1. The molecule has 1 fully saturated rings. The topological polar surface area (TPSA) is 49.8 Å². The van der Waals surface area contributed by atoms with Gasteiger partial charge in [-0.2, -0.15) is 0 Å². The van der Waals surface area contributed by atoms with Gasteiger partial charge in [-0.1, -0.05) is 6.08 Å². The summed E-state index contributed by atoms with van der Waals surface area (Å²) < 4.78 is 5.23. The van der Waals surface area contributed by atoms with Crippen LogP contribution in [0.15, 0.2) is 12.2 Å². The van der Waals surface area contributed by atoms with Gasteiger partial charge in [0.2, 0.25) is 0 Å². The van der Waals surface area contributed by atoms with Gasteiger partial charge in [-0.15, -0.1) is 0 Å². The monoisotopic (exact) mass is 197 g/mol. The second-order valence-corrected chi connectivity index (χ2v) is 3.74. The second-order valence-electron chi connectivity index (χ2n) is 3.74. The van der Waals surface area contributed by atoms with Crippen molar-refractivity contribution >= 4 is 5.78 Å². The molecule has 1 heterocycles. The number of nitrogens with zero attached hydrogens (tertiary/aromatic N) is 1. The molecule has 2 rings (SSSR count). The summed E-state index contributed by atoms with van der Waals surface area (Å²) in [5.74, 6) is 0.0157. The number of hydrogen-bond donors (Lipinski definition) is 1. The molecule has 1 saturated heterocycles. The fourth-order valence-corrected chi connectivity index (χ4v) is 1.97. The third-order valence-corrected chi connectivity index (χ3v) is 2.75. The predicted molar refractivity (Wildman–Crippen MR) is 51.0 cm³/mol. The van der Waals surface area contributed by atoms with Crippen molar-refractivity contribution in [3.05, 3.63) is 12.2 Å². The van der Waals surface area contributed by atoms with Crippen LogP contribution in [0.5, 0.6) is 0 Å². The van der Waals surface area contributed by atoms with Crippen molar-refractivity contribution in [3.8, 4) is 0 Å². The highest BCUT2D eigenvalue weighted by Crippen LogP contribution is 2.16. The van der Waals surface area contributed by atoms with Gasteiger partial charge in [-0.3, -0.25) is 9.69 Å². The van der Waals surface area contributed by atoms with Crippen molar-refractivity contribution in [1.82, 2.24) is 4.90 Å². The number of rotatable bonds is 1.